The summed E-state index contributed by atoms with van der Waals surface area (Å²) in [6.45, 7) is 1.98. The molecule has 2 rings (SSSR count). The first-order valence-electron chi connectivity index (χ1n) is 5.16. The highest BCUT2D eigenvalue weighted by atomic mass is 32.1. The van der Waals surface area contributed by atoms with Crippen LogP contribution in [0.4, 0.5) is 0 Å². The standard InChI is InChI=1S/C12H14N2O2S/c1-7-4-11(16-3)8(5-10(7)15-2)9-6-13-12(17)14-9/h4-6H,1-3H3,(H2,13,14,17). The molecule has 0 bridgehead atoms. The third kappa shape index (κ3) is 2.19. The number of ether oxygens (including phenoxy) is 2. The van der Waals surface area contributed by atoms with Crippen molar-refractivity contribution in [2.45, 2.75) is 6.92 Å². The van der Waals surface area contributed by atoms with Crippen LogP contribution in [0.25, 0.3) is 11.3 Å². The maximum absolute atomic E-state index is 5.37. The van der Waals surface area contributed by atoms with Crippen LogP contribution in [0, 0.1) is 11.7 Å². The highest BCUT2D eigenvalue weighted by Gasteiger charge is 2.11. The summed E-state index contributed by atoms with van der Waals surface area (Å²) in [5.74, 6) is 1.61. The van der Waals surface area contributed by atoms with E-state index in [-0.39, 0.29) is 0 Å². The average Bonchev–Trinajstić information content (AvgIpc) is 2.75. The number of aryl methyl sites for hydroxylation is 1. The number of hydrogen-bond donors (Lipinski definition) is 2. The predicted molar refractivity (Wildman–Crippen MR) is 69.3 cm³/mol. The highest BCUT2D eigenvalue weighted by molar-refractivity contribution is 7.71. The van der Waals surface area contributed by atoms with Gasteiger partial charge in [0.25, 0.3) is 0 Å². The summed E-state index contributed by atoms with van der Waals surface area (Å²) in [6, 6.07) is 3.88. The van der Waals surface area contributed by atoms with Crippen molar-refractivity contribution in [2.24, 2.45) is 0 Å². The smallest absolute Gasteiger partial charge is 0.174 e. The van der Waals surface area contributed by atoms with E-state index in [0.717, 1.165) is 28.3 Å². The second-order valence-electron chi connectivity index (χ2n) is 3.68. The first-order chi connectivity index (χ1) is 8.15. The molecule has 0 aliphatic heterocycles. The number of H-pyrrole nitrogens is 2. The van der Waals surface area contributed by atoms with Crippen molar-refractivity contribution in [1.29, 1.82) is 0 Å². The average molecular weight is 250 g/mol. The zero-order valence-electron chi connectivity index (χ0n) is 9.96. The minimum absolute atomic E-state index is 0.585. The van der Waals surface area contributed by atoms with E-state index in [2.05, 4.69) is 9.97 Å². The van der Waals surface area contributed by atoms with E-state index in [1.807, 2.05) is 25.3 Å². The Bertz CT molecular complexity index is 586. The third-order valence-electron chi connectivity index (χ3n) is 2.60. The van der Waals surface area contributed by atoms with Crippen molar-refractivity contribution in [1.82, 2.24) is 9.97 Å². The van der Waals surface area contributed by atoms with E-state index in [4.69, 9.17) is 21.7 Å². The van der Waals surface area contributed by atoms with Crippen LogP contribution in [0.1, 0.15) is 5.56 Å². The molecule has 5 heteroatoms. The molecule has 0 fully saturated rings. The maximum Gasteiger partial charge on any atom is 0.174 e. The number of hydrogen-bond acceptors (Lipinski definition) is 3. The van der Waals surface area contributed by atoms with Gasteiger partial charge in [0, 0.05) is 11.8 Å². The van der Waals surface area contributed by atoms with E-state index in [1.165, 1.54) is 0 Å². The summed E-state index contributed by atoms with van der Waals surface area (Å²) < 4.78 is 11.3. The summed E-state index contributed by atoms with van der Waals surface area (Å²) >= 11 is 5.02. The van der Waals surface area contributed by atoms with Gasteiger partial charge in [-0.3, -0.25) is 0 Å². The lowest BCUT2D eigenvalue weighted by Crippen LogP contribution is -1.93. The van der Waals surface area contributed by atoms with E-state index in [9.17, 15) is 0 Å². The van der Waals surface area contributed by atoms with Gasteiger partial charge in [0.05, 0.1) is 19.9 Å². The SMILES string of the molecule is COc1cc(-c2c[nH]c(=S)[nH]2)c(OC)cc1C. The van der Waals surface area contributed by atoms with Crippen LogP contribution in [-0.2, 0) is 0 Å². The molecule has 2 aromatic rings. The lowest BCUT2D eigenvalue weighted by molar-refractivity contribution is 0.401. The second-order valence-corrected chi connectivity index (χ2v) is 4.09. The minimum atomic E-state index is 0.585. The van der Waals surface area contributed by atoms with Crippen LogP contribution in [0.5, 0.6) is 11.5 Å². The van der Waals surface area contributed by atoms with Crippen LogP contribution < -0.4 is 9.47 Å². The Kier molecular flexibility index (Phi) is 3.19. The Morgan fingerprint density at radius 3 is 2.35 bits per heavy atom. The molecule has 0 radical (unpaired) electrons. The van der Waals surface area contributed by atoms with Gasteiger partial charge in [0.2, 0.25) is 0 Å². The van der Waals surface area contributed by atoms with Gasteiger partial charge in [-0.25, -0.2) is 0 Å². The lowest BCUT2D eigenvalue weighted by atomic mass is 10.1. The van der Waals surface area contributed by atoms with Gasteiger partial charge in [-0.2, -0.15) is 0 Å². The summed E-state index contributed by atoms with van der Waals surface area (Å²) in [4.78, 5) is 5.99. The Labute approximate surface area is 105 Å². The minimum Gasteiger partial charge on any atom is -0.496 e. The Hall–Kier alpha value is -1.75. The normalized spacial score (nSPS) is 10.3. The monoisotopic (exact) mass is 250 g/mol. The molecule has 0 unspecified atom stereocenters. The van der Waals surface area contributed by atoms with E-state index >= 15 is 0 Å². The fourth-order valence-electron chi connectivity index (χ4n) is 1.74. The van der Waals surface area contributed by atoms with E-state index < -0.39 is 0 Å². The summed E-state index contributed by atoms with van der Waals surface area (Å²) in [5, 5.41) is 0. The van der Waals surface area contributed by atoms with E-state index in [1.54, 1.807) is 14.2 Å². The molecule has 1 aromatic carbocycles. The van der Waals surface area contributed by atoms with Crippen LogP contribution in [0.3, 0.4) is 0 Å². The van der Waals surface area contributed by atoms with Crippen LogP contribution in [0.2, 0.25) is 0 Å². The van der Waals surface area contributed by atoms with E-state index in [0.29, 0.717) is 4.77 Å². The first-order valence-corrected chi connectivity index (χ1v) is 5.57. The highest BCUT2D eigenvalue weighted by Crippen LogP contribution is 2.34. The summed E-state index contributed by atoms with van der Waals surface area (Å²) in [7, 11) is 3.30. The zero-order valence-corrected chi connectivity index (χ0v) is 10.8. The molecule has 1 heterocycles. The van der Waals surface area contributed by atoms with Crippen LogP contribution in [-0.4, -0.2) is 24.2 Å². The number of methoxy groups -OCH3 is 2. The molecule has 0 saturated heterocycles. The second kappa shape index (κ2) is 4.63. The Balaban J connectivity index is 2.62. The fourth-order valence-corrected chi connectivity index (χ4v) is 1.91. The Morgan fingerprint density at radius 2 is 1.82 bits per heavy atom. The number of nitrogens with one attached hydrogen (secondary N) is 2. The third-order valence-corrected chi connectivity index (χ3v) is 2.82. The molecule has 17 heavy (non-hydrogen) atoms. The van der Waals surface area contributed by atoms with Crippen molar-refractivity contribution >= 4 is 12.2 Å². The largest absolute Gasteiger partial charge is 0.496 e. The van der Waals surface area contributed by atoms with Gasteiger partial charge >= 0.3 is 0 Å². The summed E-state index contributed by atoms with van der Waals surface area (Å²) in [6.07, 6.45) is 1.81. The molecule has 4 nitrogen and oxygen atoms in total. The summed E-state index contributed by atoms with van der Waals surface area (Å²) in [5.41, 5.74) is 2.83. The quantitative estimate of drug-likeness (QED) is 0.823. The topological polar surface area (TPSA) is 50.0 Å². The molecule has 1 aromatic heterocycles. The van der Waals surface area contributed by atoms with Crippen molar-refractivity contribution in [3.63, 3.8) is 0 Å². The number of aromatic nitrogens is 2. The fraction of sp³-hybridized carbons (Fsp3) is 0.250. The zero-order chi connectivity index (χ0) is 12.4. The van der Waals surface area contributed by atoms with Gasteiger partial charge in [-0.1, -0.05) is 0 Å². The van der Waals surface area contributed by atoms with Crippen LogP contribution in [0.15, 0.2) is 18.3 Å². The van der Waals surface area contributed by atoms with Crippen molar-refractivity contribution in [3.05, 3.63) is 28.7 Å². The molecule has 0 aliphatic carbocycles. The number of aromatic amines is 2. The number of benzene rings is 1. The van der Waals surface area contributed by atoms with Gasteiger partial charge in [-0.05, 0) is 36.8 Å². The van der Waals surface area contributed by atoms with Crippen molar-refractivity contribution < 1.29 is 9.47 Å². The van der Waals surface area contributed by atoms with Crippen LogP contribution >= 0.6 is 12.2 Å². The van der Waals surface area contributed by atoms with Crippen molar-refractivity contribution in [2.75, 3.05) is 14.2 Å². The predicted octanol–water partition coefficient (Wildman–Crippen LogP) is 3.06. The molecule has 0 aliphatic rings. The number of imidazole rings is 1. The molecule has 0 spiro atoms. The molecule has 90 valence electrons. The van der Waals surface area contributed by atoms with Gasteiger partial charge < -0.3 is 19.4 Å². The van der Waals surface area contributed by atoms with Gasteiger partial charge in [0.1, 0.15) is 11.5 Å². The number of rotatable bonds is 3. The first kappa shape index (κ1) is 11.7. The molecular formula is C12H14N2O2S. The molecular weight excluding hydrogens is 236 g/mol. The maximum atomic E-state index is 5.37. The lowest BCUT2D eigenvalue weighted by Gasteiger charge is -2.11. The molecule has 0 saturated carbocycles. The molecule has 2 N–H and O–H groups in total. The van der Waals surface area contributed by atoms with Gasteiger partial charge in [-0.15, -0.1) is 0 Å². The Morgan fingerprint density at radius 1 is 1.12 bits per heavy atom. The molecule has 0 amide bonds. The van der Waals surface area contributed by atoms with Gasteiger partial charge in [0.15, 0.2) is 4.77 Å². The molecule has 0 atom stereocenters. The van der Waals surface area contributed by atoms with Crippen molar-refractivity contribution in [3.8, 4) is 22.8 Å².